The maximum atomic E-state index is 13.5. The van der Waals surface area contributed by atoms with Crippen LogP contribution >= 0.6 is 0 Å². The lowest BCUT2D eigenvalue weighted by Gasteiger charge is -2.42. The Balaban J connectivity index is 1.20. The van der Waals surface area contributed by atoms with Crippen LogP contribution in [0.25, 0.3) is 0 Å². The average Bonchev–Trinajstić information content (AvgIpc) is 2.95. The Morgan fingerprint density at radius 2 is 1.79 bits per heavy atom. The van der Waals surface area contributed by atoms with E-state index in [9.17, 15) is 18.8 Å². The van der Waals surface area contributed by atoms with E-state index in [1.165, 1.54) is 56.4 Å². The van der Waals surface area contributed by atoms with Crippen LogP contribution < -0.4 is 15.4 Å². The Kier molecular flexibility index (Phi) is 8.45. The molecule has 1 saturated carbocycles. The number of hydrogen-bond acceptors (Lipinski definition) is 5. The summed E-state index contributed by atoms with van der Waals surface area (Å²) < 4.78 is 25.5. The Morgan fingerprint density at radius 3 is 2.56 bits per heavy atom. The number of ether oxygens (including phenoxy) is 2. The first-order valence-corrected chi connectivity index (χ1v) is 13.9. The summed E-state index contributed by atoms with van der Waals surface area (Å²) in [7, 11) is 1.75. The summed E-state index contributed by atoms with van der Waals surface area (Å²) in [6.07, 6.45) is 7.28. The molecule has 1 saturated heterocycles. The van der Waals surface area contributed by atoms with Crippen LogP contribution in [0.4, 0.5) is 10.1 Å². The van der Waals surface area contributed by atoms with Crippen LogP contribution in [-0.2, 0) is 9.53 Å². The van der Waals surface area contributed by atoms with Gasteiger partial charge in [-0.25, -0.2) is 4.39 Å². The van der Waals surface area contributed by atoms with Crippen LogP contribution in [0.5, 0.6) is 5.75 Å². The fourth-order valence-corrected chi connectivity index (χ4v) is 5.84. The molecule has 1 aliphatic carbocycles. The van der Waals surface area contributed by atoms with Gasteiger partial charge in [0.2, 0.25) is 5.91 Å². The minimum Gasteiger partial charge on any atom is -0.490 e. The Bertz CT molecular complexity index is 1200. The molecule has 3 aliphatic rings. The maximum absolute atomic E-state index is 13.5. The third-order valence-electron chi connectivity index (χ3n) is 8.10. The number of carbonyl (C=O) groups is 3. The molecule has 0 unspecified atom stereocenters. The highest BCUT2D eigenvalue weighted by molar-refractivity contribution is 6.05. The van der Waals surface area contributed by atoms with Gasteiger partial charge in [-0.15, -0.1) is 0 Å². The fourth-order valence-electron chi connectivity index (χ4n) is 5.84. The molecule has 2 aliphatic heterocycles. The SMILES string of the molecule is CN1C(=O)c2cc(NC(=O)c3ccc(F)cc3)ccc2OC[C@H]2O[C@H](CC(=O)NCC3CCCCC3)CC[C@@H]21. The number of likely N-dealkylation sites (N-methyl/N-ethyl adjacent to an activating group) is 1. The van der Waals surface area contributed by atoms with E-state index in [2.05, 4.69) is 10.6 Å². The van der Waals surface area contributed by atoms with E-state index in [1.807, 2.05) is 0 Å². The molecule has 2 aromatic carbocycles. The average molecular weight is 538 g/mol. The molecule has 5 rings (SSSR count). The standard InChI is InChI=1S/C30H36FN3O5/c1-34-25-13-12-23(16-28(35)32-17-19-5-3-2-4-6-19)39-27(25)18-38-26-14-11-22(15-24(26)30(34)37)33-29(36)20-7-9-21(31)10-8-20/h7-11,14-15,19,23,25,27H,2-6,12-13,16-18H2,1H3,(H,32,35)(H,33,36)/t23-,25-,27+/m0/s1. The fraction of sp³-hybridized carbons (Fsp3) is 0.500. The lowest BCUT2D eigenvalue weighted by atomic mass is 9.89. The molecule has 9 heteroatoms. The van der Waals surface area contributed by atoms with Crippen LogP contribution in [0.15, 0.2) is 42.5 Å². The Morgan fingerprint density at radius 1 is 1.03 bits per heavy atom. The van der Waals surface area contributed by atoms with Crippen molar-refractivity contribution in [2.75, 3.05) is 25.5 Å². The zero-order valence-electron chi connectivity index (χ0n) is 22.3. The van der Waals surface area contributed by atoms with Gasteiger partial charge in [0, 0.05) is 24.8 Å². The molecule has 0 bridgehead atoms. The molecule has 2 N–H and O–H groups in total. The predicted molar refractivity (Wildman–Crippen MR) is 144 cm³/mol. The van der Waals surface area contributed by atoms with E-state index in [-0.39, 0.29) is 36.7 Å². The third kappa shape index (κ3) is 6.58. The van der Waals surface area contributed by atoms with Gasteiger partial charge in [-0.3, -0.25) is 14.4 Å². The van der Waals surface area contributed by atoms with Crippen LogP contribution in [-0.4, -0.2) is 61.1 Å². The first-order chi connectivity index (χ1) is 18.9. The quantitative estimate of drug-likeness (QED) is 0.564. The summed E-state index contributed by atoms with van der Waals surface area (Å²) in [5.74, 6) is -0.0637. The second-order valence-corrected chi connectivity index (χ2v) is 10.9. The molecule has 39 heavy (non-hydrogen) atoms. The Hall–Kier alpha value is -3.46. The van der Waals surface area contributed by atoms with E-state index in [4.69, 9.17) is 9.47 Å². The highest BCUT2D eigenvalue weighted by Gasteiger charge is 2.39. The van der Waals surface area contributed by atoms with Crippen LogP contribution in [0.1, 0.15) is 72.1 Å². The molecule has 2 fully saturated rings. The number of nitrogens with zero attached hydrogens (tertiary/aromatic N) is 1. The van der Waals surface area contributed by atoms with E-state index in [0.29, 0.717) is 47.7 Å². The summed E-state index contributed by atoms with van der Waals surface area (Å²) in [5.41, 5.74) is 1.09. The molecule has 2 heterocycles. The smallest absolute Gasteiger partial charge is 0.257 e. The molecule has 208 valence electrons. The van der Waals surface area contributed by atoms with Crippen molar-refractivity contribution in [3.05, 3.63) is 59.4 Å². The largest absolute Gasteiger partial charge is 0.490 e. The number of anilines is 1. The van der Waals surface area contributed by atoms with Gasteiger partial charge in [0.05, 0.1) is 24.1 Å². The monoisotopic (exact) mass is 537 g/mol. The number of rotatable bonds is 6. The van der Waals surface area contributed by atoms with E-state index >= 15 is 0 Å². The zero-order chi connectivity index (χ0) is 27.4. The predicted octanol–water partition coefficient (Wildman–Crippen LogP) is 4.55. The molecule has 0 aromatic heterocycles. The number of fused-ring (bicyclic) bond motifs is 2. The van der Waals surface area contributed by atoms with Gasteiger partial charge in [0.25, 0.3) is 11.8 Å². The lowest BCUT2D eigenvalue weighted by Crippen LogP contribution is -2.54. The van der Waals surface area contributed by atoms with Gasteiger partial charge >= 0.3 is 0 Å². The number of hydrogen-bond donors (Lipinski definition) is 2. The Labute approximate surface area is 228 Å². The topological polar surface area (TPSA) is 97.0 Å². The van der Waals surface area contributed by atoms with Crippen molar-refractivity contribution < 1.29 is 28.2 Å². The highest BCUT2D eigenvalue weighted by atomic mass is 19.1. The minimum absolute atomic E-state index is 0.0146. The van der Waals surface area contributed by atoms with Crippen molar-refractivity contribution in [3.63, 3.8) is 0 Å². The second-order valence-electron chi connectivity index (χ2n) is 10.9. The van der Waals surface area contributed by atoms with Crippen molar-refractivity contribution in [2.24, 2.45) is 5.92 Å². The lowest BCUT2D eigenvalue weighted by molar-refractivity contribution is -0.134. The van der Waals surface area contributed by atoms with Crippen molar-refractivity contribution in [2.45, 2.75) is 69.6 Å². The second kappa shape index (κ2) is 12.2. The van der Waals surface area contributed by atoms with Crippen LogP contribution in [0.3, 0.4) is 0 Å². The summed E-state index contributed by atoms with van der Waals surface area (Å²) in [6, 6.07) is 9.96. The summed E-state index contributed by atoms with van der Waals surface area (Å²) >= 11 is 0. The van der Waals surface area contributed by atoms with Gasteiger partial charge in [-0.2, -0.15) is 0 Å². The van der Waals surface area contributed by atoms with Gasteiger partial charge < -0.3 is 25.0 Å². The van der Waals surface area contributed by atoms with Crippen molar-refractivity contribution in [1.82, 2.24) is 10.2 Å². The normalized spacial score (nSPS) is 23.5. The summed E-state index contributed by atoms with van der Waals surface area (Å²) in [6.45, 7) is 0.984. The van der Waals surface area contributed by atoms with Crippen LogP contribution in [0.2, 0.25) is 0 Å². The molecule has 3 amide bonds. The molecular formula is C30H36FN3O5. The maximum Gasteiger partial charge on any atom is 0.257 e. The summed E-state index contributed by atoms with van der Waals surface area (Å²) in [5, 5.41) is 5.85. The molecule has 2 aromatic rings. The number of carbonyl (C=O) groups excluding carboxylic acids is 3. The third-order valence-corrected chi connectivity index (χ3v) is 8.10. The first kappa shape index (κ1) is 27.1. The first-order valence-electron chi connectivity index (χ1n) is 13.9. The van der Waals surface area contributed by atoms with E-state index < -0.39 is 11.7 Å². The molecule has 3 atom stereocenters. The number of amides is 3. The van der Waals surface area contributed by atoms with E-state index in [0.717, 1.165) is 6.54 Å². The van der Waals surface area contributed by atoms with Crippen molar-refractivity contribution >= 4 is 23.4 Å². The van der Waals surface area contributed by atoms with Gasteiger partial charge in [-0.05, 0) is 74.1 Å². The zero-order valence-corrected chi connectivity index (χ0v) is 22.3. The van der Waals surface area contributed by atoms with Gasteiger partial charge in [0.15, 0.2) is 0 Å². The minimum atomic E-state index is -0.423. The van der Waals surface area contributed by atoms with Gasteiger partial charge in [-0.1, -0.05) is 19.3 Å². The molecule has 0 spiro atoms. The van der Waals surface area contributed by atoms with Crippen molar-refractivity contribution in [1.29, 1.82) is 0 Å². The molecule has 8 nitrogen and oxygen atoms in total. The number of halogens is 1. The molecular weight excluding hydrogens is 501 g/mol. The summed E-state index contributed by atoms with van der Waals surface area (Å²) in [4.78, 5) is 40.3. The van der Waals surface area contributed by atoms with Crippen LogP contribution in [0, 0.1) is 11.7 Å². The van der Waals surface area contributed by atoms with Crippen molar-refractivity contribution in [3.8, 4) is 5.75 Å². The molecule has 0 radical (unpaired) electrons. The van der Waals surface area contributed by atoms with Gasteiger partial charge in [0.1, 0.15) is 24.3 Å². The number of benzene rings is 2. The highest BCUT2D eigenvalue weighted by Crippen LogP contribution is 2.33. The van der Waals surface area contributed by atoms with E-state index in [1.54, 1.807) is 30.1 Å². The number of nitrogens with one attached hydrogen (secondary N) is 2.